The minimum absolute atomic E-state index is 0.172. The van der Waals surface area contributed by atoms with Gasteiger partial charge in [-0.2, -0.15) is 5.10 Å². The van der Waals surface area contributed by atoms with Gasteiger partial charge in [0.05, 0.1) is 6.54 Å². The molecule has 0 bridgehead atoms. The van der Waals surface area contributed by atoms with Crippen LogP contribution in [0.1, 0.15) is 5.56 Å². The molecule has 0 amide bonds. The fourth-order valence-electron chi connectivity index (χ4n) is 1.30. The molecule has 2 aromatic rings. The molecule has 1 heterocycles. The molecule has 0 spiro atoms. The molecule has 2 rings (SSSR count). The molecule has 0 aliphatic carbocycles. The van der Waals surface area contributed by atoms with Crippen LogP contribution in [0.2, 0.25) is 10.0 Å². The molecule has 5 nitrogen and oxygen atoms in total. The summed E-state index contributed by atoms with van der Waals surface area (Å²) in [5.41, 5.74) is -0.422. The molecule has 0 unspecified atom stereocenters. The van der Waals surface area contributed by atoms with E-state index in [0.717, 1.165) is 10.9 Å². The fourth-order valence-corrected chi connectivity index (χ4v) is 1.77. The van der Waals surface area contributed by atoms with Gasteiger partial charge in [-0.05, 0) is 17.7 Å². The number of rotatable bonds is 2. The Morgan fingerprint density at radius 2 is 2.06 bits per heavy atom. The lowest BCUT2D eigenvalue weighted by Gasteiger charge is -2.05. The van der Waals surface area contributed by atoms with E-state index in [4.69, 9.17) is 23.2 Å². The number of nitrogens with one attached hydrogen (secondary N) is 1. The topological polar surface area (TPSA) is 67.8 Å². The number of H-pyrrole nitrogens is 1. The number of halogens is 2. The molecule has 7 heteroatoms. The van der Waals surface area contributed by atoms with Gasteiger partial charge < -0.3 is 0 Å². The van der Waals surface area contributed by atoms with Crippen LogP contribution in [0, 0.1) is 0 Å². The zero-order valence-corrected chi connectivity index (χ0v) is 10.00. The first-order valence-electron chi connectivity index (χ1n) is 4.66. The molecule has 1 aromatic heterocycles. The second-order valence-corrected chi connectivity index (χ2v) is 4.18. The van der Waals surface area contributed by atoms with E-state index in [0.29, 0.717) is 15.6 Å². The summed E-state index contributed by atoms with van der Waals surface area (Å²) >= 11 is 11.7. The summed E-state index contributed by atoms with van der Waals surface area (Å²) in [5.74, 6) is 0. The lowest BCUT2D eigenvalue weighted by atomic mass is 10.2. The van der Waals surface area contributed by atoms with Crippen molar-refractivity contribution in [1.82, 2.24) is 14.8 Å². The minimum atomic E-state index is -0.580. The predicted molar refractivity (Wildman–Crippen MR) is 64.7 cm³/mol. The molecule has 1 aromatic carbocycles. The van der Waals surface area contributed by atoms with Gasteiger partial charge in [0.25, 0.3) is 5.56 Å². The van der Waals surface area contributed by atoms with Crippen molar-refractivity contribution in [1.29, 1.82) is 0 Å². The quantitative estimate of drug-likeness (QED) is 0.895. The second kappa shape index (κ2) is 4.73. The number of aromatic amines is 1. The summed E-state index contributed by atoms with van der Waals surface area (Å²) in [7, 11) is 0. The molecule has 0 radical (unpaired) electrons. The van der Waals surface area contributed by atoms with E-state index in [1.807, 2.05) is 0 Å². The van der Waals surface area contributed by atoms with E-state index in [2.05, 4.69) is 10.1 Å². The maximum atomic E-state index is 11.4. The number of benzene rings is 1. The van der Waals surface area contributed by atoms with Gasteiger partial charge in [0.1, 0.15) is 6.20 Å². The molecule has 0 atom stereocenters. The molecule has 1 N–H and O–H groups in total. The van der Waals surface area contributed by atoms with Gasteiger partial charge in [-0.1, -0.05) is 29.3 Å². The summed E-state index contributed by atoms with van der Waals surface area (Å²) in [6, 6.07) is 4.94. The van der Waals surface area contributed by atoms with E-state index >= 15 is 0 Å². The van der Waals surface area contributed by atoms with Crippen LogP contribution in [0.15, 0.2) is 34.0 Å². The number of aromatic nitrogens is 3. The first-order valence-corrected chi connectivity index (χ1v) is 5.42. The van der Waals surface area contributed by atoms with Gasteiger partial charge in [-0.3, -0.25) is 9.78 Å². The molecule has 0 fully saturated rings. The van der Waals surface area contributed by atoms with Gasteiger partial charge >= 0.3 is 5.69 Å². The minimum Gasteiger partial charge on any atom is -0.271 e. The van der Waals surface area contributed by atoms with E-state index in [-0.39, 0.29) is 6.54 Å². The molecule has 0 saturated heterocycles. The molecule has 0 aliphatic rings. The van der Waals surface area contributed by atoms with Crippen molar-refractivity contribution >= 4 is 23.2 Å². The summed E-state index contributed by atoms with van der Waals surface area (Å²) in [6.45, 7) is 0.172. The van der Waals surface area contributed by atoms with E-state index in [9.17, 15) is 9.59 Å². The summed E-state index contributed by atoms with van der Waals surface area (Å²) in [5, 5.41) is 4.66. The second-order valence-electron chi connectivity index (χ2n) is 3.33. The van der Waals surface area contributed by atoms with Gasteiger partial charge in [-0.15, -0.1) is 0 Å². The highest BCUT2D eigenvalue weighted by Crippen LogP contribution is 2.21. The van der Waals surface area contributed by atoms with Crippen LogP contribution >= 0.6 is 23.2 Å². The molecular formula is C10H7Cl2N3O2. The summed E-state index contributed by atoms with van der Waals surface area (Å²) in [6.07, 6.45) is 1.03. The smallest absolute Gasteiger partial charge is 0.271 e. The predicted octanol–water partition coefficient (Wildman–Crippen LogP) is 1.29. The van der Waals surface area contributed by atoms with Crippen LogP contribution in [0.3, 0.4) is 0 Å². The molecule has 0 aliphatic heterocycles. The Hall–Kier alpha value is -1.59. The van der Waals surface area contributed by atoms with Crippen molar-refractivity contribution in [2.75, 3.05) is 0 Å². The van der Waals surface area contributed by atoms with Gasteiger partial charge in [0, 0.05) is 10.0 Å². The van der Waals surface area contributed by atoms with Gasteiger partial charge in [-0.25, -0.2) is 9.48 Å². The van der Waals surface area contributed by atoms with Crippen LogP contribution in [-0.2, 0) is 6.54 Å². The van der Waals surface area contributed by atoms with Crippen molar-refractivity contribution < 1.29 is 0 Å². The summed E-state index contributed by atoms with van der Waals surface area (Å²) in [4.78, 5) is 24.3. The largest absolute Gasteiger partial charge is 0.345 e. The van der Waals surface area contributed by atoms with Crippen LogP contribution in [-0.4, -0.2) is 14.8 Å². The monoisotopic (exact) mass is 271 g/mol. The van der Waals surface area contributed by atoms with Crippen molar-refractivity contribution in [3.8, 4) is 0 Å². The van der Waals surface area contributed by atoms with Crippen molar-refractivity contribution in [2.24, 2.45) is 0 Å². The Labute approximate surface area is 106 Å². The Bertz CT molecular complexity index is 663. The first-order chi connectivity index (χ1) is 8.06. The molecule has 17 heavy (non-hydrogen) atoms. The average Bonchev–Trinajstić information content (AvgIpc) is 2.25. The van der Waals surface area contributed by atoms with E-state index in [1.54, 1.807) is 18.2 Å². The van der Waals surface area contributed by atoms with E-state index < -0.39 is 11.2 Å². The van der Waals surface area contributed by atoms with Crippen LogP contribution in [0.4, 0.5) is 0 Å². The zero-order valence-electron chi connectivity index (χ0n) is 8.48. The Morgan fingerprint density at radius 3 is 2.71 bits per heavy atom. The highest BCUT2D eigenvalue weighted by atomic mass is 35.5. The highest BCUT2D eigenvalue weighted by molar-refractivity contribution is 6.35. The Kier molecular flexibility index (Phi) is 3.31. The van der Waals surface area contributed by atoms with Crippen LogP contribution in [0.25, 0.3) is 0 Å². The Balaban J connectivity index is 2.38. The van der Waals surface area contributed by atoms with Gasteiger partial charge in [0.2, 0.25) is 0 Å². The fraction of sp³-hybridized carbons (Fsp3) is 0.100. The standard InChI is InChI=1S/C10H7Cl2N3O2/c11-7-2-1-6(8(12)3-7)5-15-10(17)14-9(16)4-13-15/h1-4H,5H2,(H,14,16,17). The summed E-state index contributed by atoms with van der Waals surface area (Å²) < 4.78 is 1.11. The lowest BCUT2D eigenvalue weighted by Crippen LogP contribution is -2.31. The zero-order chi connectivity index (χ0) is 12.4. The van der Waals surface area contributed by atoms with E-state index in [1.165, 1.54) is 0 Å². The molecule has 88 valence electrons. The van der Waals surface area contributed by atoms with Crippen molar-refractivity contribution in [3.05, 3.63) is 60.8 Å². The molecular weight excluding hydrogens is 265 g/mol. The average molecular weight is 272 g/mol. The maximum absolute atomic E-state index is 11.4. The van der Waals surface area contributed by atoms with Crippen LogP contribution < -0.4 is 11.2 Å². The third-order valence-corrected chi connectivity index (χ3v) is 2.70. The third-order valence-electron chi connectivity index (χ3n) is 2.11. The normalized spacial score (nSPS) is 10.5. The SMILES string of the molecule is O=c1cnn(Cc2ccc(Cl)cc2Cl)c(=O)[nH]1. The first kappa shape index (κ1) is 11.9. The van der Waals surface area contributed by atoms with Gasteiger partial charge in [0.15, 0.2) is 0 Å². The number of hydrogen-bond acceptors (Lipinski definition) is 3. The van der Waals surface area contributed by atoms with Crippen molar-refractivity contribution in [2.45, 2.75) is 6.54 Å². The molecule has 0 saturated carbocycles. The number of nitrogens with zero attached hydrogens (tertiary/aromatic N) is 2. The van der Waals surface area contributed by atoms with Crippen molar-refractivity contribution in [3.63, 3.8) is 0 Å². The number of hydrogen-bond donors (Lipinski definition) is 1. The Morgan fingerprint density at radius 1 is 1.29 bits per heavy atom. The highest BCUT2D eigenvalue weighted by Gasteiger charge is 2.04. The lowest BCUT2D eigenvalue weighted by molar-refractivity contribution is 0.607. The van der Waals surface area contributed by atoms with Crippen LogP contribution in [0.5, 0.6) is 0 Å². The maximum Gasteiger partial charge on any atom is 0.345 e. The third kappa shape index (κ3) is 2.75.